The van der Waals surface area contributed by atoms with Gasteiger partial charge >= 0.3 is 5.97 Å². The SMILES string of the molecule is CCCC[C@H]1[C@H](C)OC(=O)[C@@H](N)COC[C@@H]1Oc1ccccc1.Cl. The Bertz CT molecular complexity index is 485. The maximum Gasteiger partial charge on any atom is 0.325 e. The summed E-state index contributed by atoms with van der Waals surface area (Å²) in [6.45, 7) is 4.61. The average molecular weight is 358 g/mol. The molecule has 0 amide bonds. The summed E-state index contributed by atoms with van der Waals surface area (Å²) in [5, 5.41) is 0. The van der Waals surface area contributed by atoms with Crippen molar-refractivity contribution >= 4 is 18.4 Å². The van der Waals surface area contributed by atoms with E-state index in [-0.39, 0.29) is 37.1 Å². The fraction of sp³-hybridized carbons (Fsp3) is 0.611. The smallest absolute Gasteiger partial charge is 0.325 e. The van der Waals surface area contributed by atoms with Gasteiger partial charge in [-0.2, -0.15) is 0 Å². The Hall–Kier alpha value is -1.30. The third-order valence-electron chi connectivity index (χ3n) is 4.19. The molecule has 1 aromatic carbocycles. The van der Waals surface area contributed by atoms with Gasteiger partial charge in [-0.15, -0.1) is 12.4 Å². The van der Waals surface area contributed by atoms with Crippen molar-refractivity contribution < 1.29 is 19.0 Å². The monoisotopic (exact) mass is 357 g/mol. The molecule has 1 heterocycles. The summed E-state index contributed by atoms with van der Waals surface area (Å²) in [4.78, 5) is 11.9. The molecule has 24 heavy (non-hydrogen) atoms. The number of esters is 1. The minimum atomic E-state index is -0.736. The number of unbranched alkanes of at least 4 members (excludes halogenated alkanes) is 1. The van der Waals surface area contributed by atoms with Crippen LogP contribution >= 0.6 is 12.4 Å². The van der Waals surface area contributed by atoms with Crippen molar-refractivity contribution in [3.05, 3.63) is 30.3 Å². The van der Waals surface area contributed by atoms with Crippen molar-refractivity contribution in [3.8, 4) is 5.75 Å². The Kier molecular flexibility index (Phi) is 9.11. The lowest BCUT2D eigenvalue weighted by Gasteiger charge is -2.31. The number of hydrogen-bond acceptors (Lipinski definition) is 5. The zero-order valence-electron chi connectivity index (χ0n) is 14.4. The quantitative estimate of drug-likeness (QED) is 0.820. The van der Waals surface area contributed by atoms with Gasteiger partial charge in [0, 0.05) is 5.92 Å². The van der Waals surface area contributed by atoms with Gasteiger partial charge in [0.1, 0.15) is 24.0 Å². The van der Waals surface area contributed by atoms with E-state index in [0.717, 1.165) is 25.0 Å². The molecule has 1 aliphatic rings. The lowest BCUT2D eigenvalue weighted by molar-refractivity contribution is -0.153. The number of carbonyl (C=O) groups excluding carboxylic acids is 1. The number of benzene rings is 1. The third kappa shape index (κ3) is 5.96. The summed E-state index contributed by atoms with van der Waals surface area (Å²) in [6.07, 6.45) is 2.62. The Balaban J connectivity index is 0.00000288. The molecular formula is C18H28ClNO4. The van der Waals surface area contributed by atoms with Crippen LogP contribution in [-0.2, 0) is 14.3 Å². The van der Waals surface area contributed by atoms with E-state index < -0.39 is 12.0 Å². The van der Waals surface area contributed by atoms with Crippen molar-refractivity contribution in [3.63, 3.8) is 0 Å². The Labute approximate surface area is 150 Å². The molecule has 4 atom stereocenters. The summed E-state index contributed by atoms with van der Waals surface area (Å²) in [7, 11) is 0. The van der Waals surface area contributed by atoms with Crippen LogP contribution in [0.5, 0.6) is 5.75 Å². The van der Waals surface area contributed by atoms with Crippen LogP contribution in [0, 0.1) is 5.92 Å². The molecule has 6 heteroatoms. The number of rotatable bonds is 5. The fourth-order valence-electron chi connectivity index (χ4n) is 2.82. The van der Waals surface area contributed by atoms with Gasteiger partial charge < -0.3 is 19.9 Å². The predicted octanol–water partition coefficient (Wildman–Crippen LogP) is 2.95. The molecule has 1 aromatic rings. The van der Waals surface area contributed by atoms with E-state index in [4.69, 9.17) is 19.9 Å². The molecule has 1 saturated heterocycles. The first-order valence-corrected chi connectivity index (χ1v) is 8.37. The fourth-order valence-corrected chi connectivity index (χ4v) is 2.82. The van der Waals surface area contributed by atoms with Crippen molar-refractivity contribution in [2.45, 2.75) is 51.4 Å². The molecule has 0 unspecified atom stereocenters. The second-order valence-corrected chi connectivity index (χ2v) is 6.06. The van der Waals surface area contributed by atoms with E-state index >= 15 is 0 Å². The maximum absolute atomic E-state index is 11.9. The Morgan fingerprint density at radius 3 is 2.62 bits per heavy atom. The first kappa shape index (κ1) is 20.7. The van der Waals surface area contributed by atoms with E-state index in [1.165, 1.54) is 0 Å². The molecule has 5 nitrogen and oxygen atoms in total. The molecular weight excluding hydrogens is 330 g/mol. The molecule has 1 aliphatic heterocycles. The summed E-state index contributed by atoms with van der Waals surface area (Å²) >= 11 is 0. The molecule has 0 saturated carbocycles. The molecule has 0 aromatic heterocycles. The van der Waals surface area contributed by atoms with Gasteiger partial charge in [-0.25, -0.2) is 0 Å². The van der Waals surface area contributed by atoms with Crippen LogP contribution in [0.15, 0.2) is 30.3 Å². The van der Waals surface area contributed by atoms with E-state index in [0.29, 0.717) is 6.61 Å². The first-order valence-electron chi connectivity index (χ1n) is 8.37. The number of ether oxygens (including phenoxy) is 3. The van der Waals surface area contributed by atoms with Crippen molar-refractivity contribution in [2.75, 3.05) is 13.2 Å². The highest BCUT2D eigenvalue weighted by atomic mass is 35.5. The summed E-state index contributed by atoms with van der Waals surface area (Å²) in [6, 6.07) is 8.93. The van der Waals surface area contributed by atoms with Gasteiger partial charge in [0.15, 0.2) is 0 Å². The zero-order valence-corrected chi connectivity index (χ0v) is 15.2. The van der Waals surface area contributed by atoms with Gasteiger partial charge in [-0.1, -0.05) is 38.0 Å². The van der Waals surface area contributed by atoms with Crippen LogP contribution in [0.25, 0.3) is 0 Å². The van der Waals surface area contributed by atoms with Crippen LogP contribution in [0.2, 0.25) is 0 Å². The lowest BCUT2D eigenvalue weighted by Crippen LogP contribution is -2.40. The highest BCUT2D eigenvalue weighted by Gasteiger charge is 2.34. The van der Waals surface area contributed by atoms with Crippen LogP contribution in [0.1, 0.15) is 33.1 Å². The zero-order chi connectivity index (χ0) is 16.7. The van der Waals surface area contributed by atoms with E-state index in [1.54, 1.807) is 0 Å². The van der Waals surface area contributed by atoms with Gasteiger partial charge in [-0.05, 0) is 25.5 Å². The minimum absolute atomic E-state index is 0. The van der Waals surface area contributed by atoms with Gasteiger partial charge in [0.2, 0.25) is 0 Å². The molecule has 136 valence electrons. The van der Waals surface area contributed by atoms with E-state index in [2.05, 4.69) is 6.92 Å². The Morgan fingerprint density at radius 2 is 1.96 bits per heavy atom. The van der Waals surface area contributed by atoms with Gasteiger partial charge in [0.05, 0.1) is 13.2 Å². The molecule has 2 rings (SSSR count). The molecule has 1 fully saturated rings. The Morgan fingerprint density at radius 1 is 1.25 bits per heavy atom. The standard InChI is InChI=1S/C18H27NO4.ClH/c1-3-4-10-15-13(2)22-18(20)16(19)11-21-12-17(15)23-14-8-6-5-7-9-14;/h5-9,13,15-17H,3-4,10-12,19H2,1-2H3;1H/t13-,15-,16-,17-;/m0./s1. The number of hydrogen-bond donors (Lipinski definition) is 1. The lowest BCUT2D eigenvalue weighted by atomic mass is 9.91. The van der Waals surface area contributed by atoms with E-state index in [9.17, 15) is 4.79 Å². The highest BCUT2D eigenvalue weighted by Crippen LogP contribution is 2.26. The first-order chi connectivity index (χ1) is 11.1. The topological polar surface area (TPSA) is 70.8 Å². The second-order valence-electron chi connectivity index (χ2n) is 6.06. The largest absolute Gasteiger partial charge is 0.488 e. The van der Waals surface area contributed by atoms with Crippen LogP contribution < -0.4 is 10.5 Å². The highest BCUT2D eigenvalue weighted by molar-refractivity contribution is 5.85. The number of carbonyl (C=O) groups is 1. The van der Waals surface area contributed by atoms with Crippen molar-refractivity contribution in [2.24, 2.45) is 11.7 Å². The number of nitrogens with two attached hydrogens (primary N) is 1. The van der Waals surface area contributed by atoms with Crippen molar-refractivity contribution in [1.29, 1.82) is 0 Å². The normalized spacial score (nSPS) is 27.9. The minimum Gasteiger partial charge on any atom is -0.488 e. The van der Waals surface area contributed by atoms with Crippen LogP contribution in [0.3, 0.4) is 0 Å². The van der Waals surface area contributed by atoms with Crippen LogP contribution in [0.4, 0.5) is 0 Å². The molecule has 0 spiro atoms. The average Bonchev–Trinajstić information content (AvgIpc) is 2.59. The third-order valence-corrected chi connectivity index (χ3v) is 4.19. The summed E-state index contributed by atoms with van der Waals surface area (Å²) < 4.78 is 17.3. The predicted molar refractivity (Wildman–Crippen MR) is 95.5 cm³/mol. The molecule has 0 bridgehead atoms. The van der Waals surface area contributed by atoms with Crippen LogP contribution in [-0.4, -0.2) is 37.4 Å². The molecule has 2 N–H and O–H groups in total. The molecule has 0 aliphatic carbocycles. The van der Waals surface area contributed by atoms with E-state index in [1.807, 2.05) is 37.3 Å². The second kappa shape index (κ2) is 10.5. The number of cyclic esters (lactones) is 1. The summed E-state index contributed by atoms with van der Waals surface area (Å²) in [5.74, 6) is 0.466. The maximum atomic E-state index is 11.9. The summed E-state index contributed by atoms with van der Waals surface area (Å²) in [5.41, 5.74) is 5.78. The van der Waals surface area contributed by atoms with Crippen molar-refractivity contribution in [1.82, 2.24) is 0 Å². The van der Waals surface area contributed by atoms with Gasteiger partial charge in [-0.3, -0.25) is 4.79 Å². The molecule has 0 radical (unpaired) electrons. The number of para-hydroxylation sites is 1. The van der Waals surface area contributed by atoms with Gasteiger partial charge in [0.25, 0.3) is 0 Å². The number of halogens is 1.